The molecule has 1 aromatic rings. The maximum Gasteiger partial charge on any atom is 0.309 e. The maximum atomic E-state index is 11.1. The summed E-state index contributed by atoms with van der Waals surface area (Å²) in [6.45, 7) is 1.58. The van der Waals surface area contributed by atoms with Crippen LogP contribution in [0.5, 0.6) is 0 Å². The van der Waals surface area contributed by atoms with Gasteiger partial charge < -0.3 is 9.53 Å². The van der Waals surface area contributed by atoms with Gasteiger partial charge in [-0.2, -0.15) is 0 Å². The Morgan fingerprint density at radius 1 is 1.25 bits per heavy atom. The van der Waals surface area contributed by atoms with Gasteiger partial charge in [0.25, 0.3) is 0 Å². The van der Waals surface area contributed by atoms with E-state index in [4.69, 9.17) is 0 Å². The first-order valence-electron chi connectivity index (χ1n) is 5.26. The minimum absolute atomic E-state index is 0.179. The van der Waals surface area contributed by atoms with Crippen molar-refractivity contribution in [1.29, 1.82) is 0 Å². The largest absolute Gasteiger partial charge is 0.469 e. The van der Waals surface area contributed by atoms with E-state index in [0.29, 0.717) is 6.42 Å². The van der Waals surface area contributed by atoms with Crippen LogP contribution < -0.4 is 0 Å². The van der Waals surface area contributed by atoms with Crippen LogP contribution in [0.2, 0.25) is 0 Å². The van der Waals surface area contributed by atoms with Crippen LogP contribution in [-0.2, 0) is 27.2 Å². The lowest BCUT2D eigenvalue weighted by molar-refractivity contribution is -0.139. The van der Waals surface area contributed by atoms with Gasteiger partial charge in [-0.15, -0.1) is 0 Å². The lowest BCUT2D eigenvalue weighted by Crippen LogP contribution is -2.04. The van der Waals surface area contributed by atoms with E-state index in [1.807, 2.05) is 24.3 Å². The highest BCUT2D eigenvalue weighted by atomic mass is 16.5. The van der Waals surface area contributed by atoms with E-state index in [0.717, 1.165) is 17.5 Å². The molecule has 0 amide bonds. The monoisotopic (exact) mass is 220 g/mol. The predicted octanol–water partition coefficient (Wildman–Crippen LogP) is 1.92. The maximum absolute atomic E-state index is 11.1. The van der Waals surface area contributed by atoms with Crippen molar-refractivity contribution in [3.63, 3.8) is 0 Å². The summed E-state index contributed by atoms with van der Waals surface area (Å²) < 4.78 is 4.60. The van der Waals surface area contributed by atoms with E-state index in [9.17, 15) is 9.59 Å². The van der Waals surface area contributed by atoms with Crippen LogP contribution in [0.4, 0.5) is 0 Å². The molecule has 0 saturated carbocycles. The first kappa shape index (κ1) is 12.4. The molecule has 0 fully saturated rings. The number of esters is 1. The van der Waals surface area contributed by atoms with Gasteiger partial charge in [0.05, 0.1) is 13.5 Å². The molecule has 86 valence electrons. The standard InChI is InChI=1S/C13H16O3/c1-10(14)6-7-11-4-3-5-12(8-11)9-13(15)16-2/h3-5,8H,6-7,9H2,1-2H3. The van der Waals surface area contributed by atoms with Crippen LogP contribution in [0.1, 0.15) is 24.5 Å². The Morgan fingerprint density at radius 3 is 2.56 bits per heavy atom. The van der Waals surface area contributed by atoms with Crippen molar-refractivity contribution < 1.29 is 14.3 Å². The van der Waals surface area contributed by atoms with Gasteiger partial charge >= 0.3 is 5.97 Å². The third kappa shape index (κ3) is 4.26. The van der Waals surface area contributed by atoms with Gasteiger partial charge in [-0.05, 0) is 24.5 Å². The lowest BCUT2D eigenvalue weighted by atomic mass is 10.0. The number of Topliss-reactive ketones (excluding diaryl/α,β-unsaturated/α-hetero) is 1. The first-order valence-corrected chi connectivity index (χ1v) is 5.26. The van der Waals surface area contributed by atoms with Crippen molar-refractivity contribution in [2.75, 3.05) is 7.11 Å². The summed E-state index contributed by atoms with van der Waals surface area (Å²) in [6.07, 6.45) is 1.55. The number of ether oxygens (including phenoxy) is 1. The highest BCUT2D eigenvalue weighted by Crippen LogP contribution is 2.09. The molecule has 0 bridgehead atoms. The molecule has 0 N–H and O–H groups in total. The number of carbonyl (C=O) groups is 2. The van der Waals surface area contributed by atoms with Crippen molar-refractivity contribution >= 4 is 11.8 Å². The number of aryl methyl sites for hydroxylation is 1. The molecule has 0 aromatic heterocycles. The zero-order valence-corrected chi connectivity index (χ0v) is 9.66. The third-order valence-corrected chi connectivity index (χ3v) is 2.33. The van der Waals surface area contributed by atoms with Crippen molar-refractivity contribution in [2.45, 2.75) is 26.2 Å². The summed E-state index contributed by atoms with van der Waals surface area (Å²) in [5.74, 6) is -0.0675. The molecule has 0 aliphatic heterocycles. The SMILES string of the molecule is COC(=O)Cc1cccc(CCC(C)=O)c1. The molecule has 0 unspecified atom stereocenters. The van der Waals surface area contributed by atoms with Gasteiger partial charge in [0.1, 0.15) is 5.78 Å². The number of hydrogen-bond donors (Lipinski definition) is 0. The third-order valence-electron chi connectivity index (χ3n) is 2.33. The van der Waals surface area contributed by atoms with Crippen LogP contribution in [-0.4, -0.2) is 18.9 Å². The number of benzene rings is 1. The van der Waals surface area contributed by atoms with E-state index in [1.165, 1.54) is 7.11 Å². The molecule has 0 atom stereocenters. The Balaban J connectivity index is 2.63. The summed E-state index contributed by atoms with van der Waals surface area (Å²) in [7, 11) is 1.38. The highest BCUT2D eigenvalue weighted by Gasteiger charge is 2.03. The van der Waals surface area contributed by atoms with Gasteiger partial charge in [-0.1, -0.05) is 24.3 Å². The molecule has 0 saturated heterocycles. The minimum Gasteiger partial charge on any atom is -0.469 e. The summed E-state index contributed by atoms with van der Waals surface area (Å²) in [5, 5.41) is 0. The van der Waals surface area contributed by atoms with Crippen LogP contribution in [0, 0.1) is 0 Å². The van der Waals surface area contributed by atoms with E-state index in [2.05, 4.69) is 4.74 Å². The van der Waals surface area contributed by atoms with Gasteiger partial charge in [0.15, 0.2) is 0 Å². The zero-order chi connectivity index (χ0) is 12.0. The molecule has 0 aliphatic rings. The molecule has 1 aromatic carbocycles. The fourth-order valence-electron chi connectivity index (χ4n) is 1.45. The average Bonchev–Trinajstić information content (AvgIpc) is 2.26. The van der Waals surface area contributed by atoms with Crippen molar-refractivity contribution in [1.82, 2.24) is 0 Å². The normalized spacial score (nSPS) is 9.88. The zero-order valence-electron chi connectivity index (χ0n) is 9.66. The van der Waals surface area contributed by atoms with Gasteiger partial charge in [0, 0.05) is 6.42 Å². The Bertz CT molecular complexity index is 383. The molecule has 16 heavy (non-hydrogen) atoms. The van der Waals surface area contributed by atoms with E-state index in [-0.39, 0.29) is 18.2 Å². The summed E-state index contributed by atoms with van der Waals surface area (Å²) in [5.41, 5.74) is 2.00. The number of rotatable bonds is 5. The number of methoxy groups -OCH3 is 1. The second-order valence-corrected chi connectivity index (χ2v) is 3.77. The van der Waals surface area contributed by atoms with Crippen molar-refractivity contribution in [2.24, 2.45) is 0 Å². The smallest absolute Gasteiger partial charge is 0.309 e. The average molecular weight is 220 g/mol. The molecule has 0 radical (unpaired) electrons. The molecule has 0 spiro atoms. The number of hydrogen-bond acceptors (Lipinski definition) is 3. The molecular formula is C13H16O3. The van der Waals surface area contributed by atoms with Crippen LogP contribution >= 0.6 is 0 Å². The Hall–Kier alpha value is -1.64. The van der Waals surface area contributed by atoms with Gasteiger partial charge in [-0.25, -0.2) is 0 Å². The highest BCUT2D eigenvalue weighted by molar-refractivity contribution is 5.75. The lowest BCUT2D eigenvalue weighted by Gasteiger charge is -2.03. The van der Waals surface area contributed by atoms with Crippen LogP contribution in [0.3, 0.4) is 0 Å². The molecule has 3 nitrogen and oxygen atoms in total. The molecule has 3 heteroatoms. The fourth-order valence-corrected chi connectivity index (χ4v) is 1.45. The first-order chi connectivity index (χ1) is 7.61. The molecule has 0 heterocycles. The molecular weight excluding hydrogens is 204 g/mol. The van der Waals surface area contributed by atoms with Gasteiger partial charge in [0.2, 0.25) is 0 Å². The summed E-state index contributed by atoms with van der Waals surface area (Å²) in [6, 6.07) is 7.69. The predicted molar refractivity (Wildman–Crippen MR) is 61.2 cm³/mol. The number of carbonyl (C=O) groups excluding carboxylic acids is 2. The van der Waals surface area contributed by atoms with Crippen molar-refractivity contribution in [3.05, 3.63) is 35.4 Å². The van der Waals surface area contributed by atoms with E-state index < -0.39 is 0 Å². The van der Waals surface area contributed by atoms with Crippen LogP contribution in [0.15, 0.2) is 24.3 Å². The second-order valence-electron chi connectivity index (χ2n) is 3.77. The quantitative estimate of drug-likeness (QED) is 0.712. The van der Waals surface area contributed by atoms with Gasteiger partial charge in [-0.3, -0.25) is 4.79 Å². The fraction of sp³-hybridized carbons (Fsp3) is 0.385. The Labute approximate surface area is 95.4 Å². The Morgan fingerprint density at radius 2 is 1.94 bits per heavy atom. The second kappa shape index (κ2) is 6.05. The summed E-state index contributed by atoms with van der Waals surface area (Å²) >= 11 is 0. The Kier molecular flexibility index (Phi) is 4.70. The topological polar surface area (TPSA) is 43.4 Å². The summed E-state index contributed by atoms with van der Waals surface area (Å²) in [4.78, 5) is 21.9. The molecule has 0 aliphatic carbocycles. The number of ketones is 1. The van der Waals surface area contributed by atoms with Crippen LogP contribution in [0.25, 0.3) is 0 Å². The van der Waals surface area contributed by atoms with E-state index >= 15 is 0 Å². The minimum atomic E-state index is -0.247. The van der Waals surface area contributed by atoms with Crippen molar-refractivity contribution in [3.8, 4) is 0 Å². The van der Waals surface area contributed by atoms with E-state index in [1.54, 1.807) is 6.92 Å². The molecule has 1 rings (SSSR count).